The van der Waals surface area contributed by atoms with Gasteiger partial charge in [-0.25, -0.2) is 9.18 Å². The summed E-state index contributed by atoms with van der Waals surface area (Å²) in [5.41, 5.74) is -0.725. The quantitative estimate of drug-likeness (QED) is 0.132. The summed E-state index contributed by atoms with van der Waals surface area (Å²) in [5, 5.41) is 0. The highest BCUT2D eigenvalue weighted by molar-refractivity contribution is 5.87. The summed E-state index contributed by atoms with van der Waals surface area (Å²) in [5.74, 6) is -1.78. The van der Waals surface area contributed by atoms with Gasteiger partial charge in [-0.3, -0.25) is 0 Å². The number of hydrogen-bond acceptors (Lipinski definition) is 4. The fourth-order valence-electron chi connectivity index (χ4n) is 3.81. The first kappa shape index (κ1) is 30.5. The standard InChI is InChI=1S/C28H22F8O4/c1-2-26(19-7-4-3-5-8-19,40-23(37)16-13-18-11-14-21(15-12-18)38-25(30)31)20-9-6-10-22(17-20)39-28(35,36)24(29)27(32,33)34/h3-17,24-25H,2H2,1H3/b16-13+. The zero-order valence-corrected chi connectivity index (χ0v) is 20.7. The van der Waals surface area contributed by atoms with Crippen molar-refractivity contribution in [3.63, 3.8) is 0 Å². The summed E-state index contributed by atoms with van der Waals surface area (Å²) in [4.78, 5) is 12.9. The summed E-state index contributed by atoms with van der Waals surface area (Å²) in [7, 11) is 0. The van der Waals surface area contributed by atoms with Gasteiger partial charge < -0.3 is 14.2 Å². The molecule has 3 aromatic rings. The van der Waals surface area contributed by atoms with Crippen LogP contribution in [0, 0.1) is 0 Å². The minimum Gasteiger partial charge on any atom is -0.446 e. The number of rotatable bonds is 11. The molecule has 0 aliphatic heterocycles. The number of carbonyl (C=O) groups is 1. The van der Waals surface area contributed by atoms with E-state index in [1.165, 1.54) is 42.5 Å². The molecule has 0 heterocycles. The minimum atomic E-state index is -5.86. The predicted octanol–water partition coefficient (Wildman–Crippen LogP) is 8.07. The van der Waals surface area contributed by atoms with Crippen LogP contribution in [0.1, 0.15) is 30.0 Å². The molecule has 0 saturated carbocycles. The molecule has 40 heavy (non-hydrogen) atoms. The van der Waals surface area contributed by atoms with Crippen LogP contribution in [0.15, 0.2) is 84.9 Å². The third kappa shape index (κ3) is 7.51. The molecule has 0 N–H and O–H groups in total. The number of benzene rings is 3. The van der Waals surface area contributed by atoms with Gasteiger partial charge in [0.1, 0.15) is 11.5 Å². The molecule has 2 atom stereocenters. The first-order valence-electron chi connectivity index (χ1n) is 11.7. The molecule has 214 valence electrons. The molecular weight excluding hydrogens is 552 g/mol. The smallest absolute Gasteiger partial charge is 0.439 e. The number of carbonyl (C=O) groups excluding carboxylic acids is 1. The lowest BCUT2D eigenvalue weighted by Gasteiger charge is -2.34. The van der Waals surface area contributed by atoms with Crippen molar-refractivity contribution >= 4 is 12.0 Å². The van der Waals surface area contributed by atoms with Crippen LogP contribution in [0.25, 0.3) is 6.08 Å². The Morgan fingerprint density at radius 1 is 0.825 bits per heavy atom. The molecule has 12 heteroatoms. The highest BCUT2D eigenvalue weighted by Gasteiger charge is 2.59. The SMILES string of the molecule is CCC(OC(=O)/C=C/c1ccc(OC(F)F)cc1)(c1ccccc1)c1cccc(OC(F)(F)C(F)C(F)(F)F)c1. The third-order valence-electron chi connectivity index (χ3n) is 5.67. The highest BCUT2D eigenvalue weighted by Crippen LogP contribution is 2.41. The lowest BCUT2D eigenvalue weighted by molar-refractivity contribution is -0.305. The molecule has 0 aliphatic rings. The maximum absolute atomic E-state index is 13.9. The Morgan fingerprint density at radius 3 is 2.02 bits per heavy atom. The average molecular weight is 574 g/mol. The van der Waals surface area contributed by atoms with E-state index < -0.39 is 42.4 Å². The summed E-state index contributed by atoms with van der Waals surface area (Å²) in [6.07, 6.45) is -13.2. The number of ether oxygens (including phenoxy) is 3. The second kappa shape index (κ2) is 12.4. The largest absolute Gasteiger partial charge is 0.446 e. The van der Waals surface area contributed by atoms with Crippen LogP contribution in [0.2, 0.25) is 0 Å². The molecule has 3 aromatic carbocycles. The lowest BCUT2D eigenvalue weighted by atomic mass is 9.83. The van der Waals surface area contributed by atoms with Crippen LogP contribution in [0.3, 0.4) is 0 Å². The van der Waals surface area contributed by atoms with Gasteiger partial charge in [0.25, 0.3) is 6.17 Å². The molecule has 0 aromatic heterocycles. The summed E-state index contributed by atoms with van der Waals surface area (Å²) in [6.45, 7) is -1.38. The zero-order chi connectivity index (χ0) is 29.6. The van der Waals surface area contributed by atoms with Crippen LogP contribution in [0.5, 0.6) is 11.5 Å². The van der Waals surface area contributed by atoms with Gasteiger partial charge in [-0.15, -0.1) is 0 Å². The van der Waals surface area contributed by atoms with E-state index in [0.29, 0.717) is 11.1 Å². The van der Waals surface area contributed by atoms with Crippen molar-refractivity contribution in [3.05, 3.63) is 102 Å². The molecular formula is C28H22F8O4. The normalized spacial score (nSPS) is 14.6. The Bertz CT molecular complexity index is 1290. The van der Waals surface area contributed by atoms with Crippen molar-refractivity contribution in [1.29, 1.82) is 0 Å². The van der Waals surface area contributed by atoms with Gasteiger partial charge in [0, 0.05) is 17.2 Å². The number of hydrogen-bond donors (Lipinski definition) is 0. The molecule has 0 radical (unpaired) electrons. The predicted molar refractivity (Wildman–Crippen MR) is 129 cm³/mol. The topological polar surface area (TPSA) is 44.8 Å². The molecule has 0 fully saturated rings. The van der Waals surface area contributed by atoms with Crippen LogP contribution in [-0.2, 0) is 15.1 Å². The van der Waals surface area contributed by atoms with E-state index in [2.05, 4.69) is 9.47 Å². The third-order valence-corrected chi connectivity index (χ3v) is 5.67. The molecule has 0 amide bonds. The fraction of sp³-hybridized carbons (Fsp3) is 0.250. The van der Waals surface area contributed by atoms with Gasteiger partial charge in [-0.2, -0.15) is 30.7 Å². The Labute approximate surface area is 223 Å². The van der Waals surface area contributed by atoms with Crippen molar-refractivity contribution in [2.24, 2.45) is 0 Å². The summed E-state index contributed by atoms with van der Waals surface area (Å²) in [6, 6.07) is 17.9. The molecule has 0 spiro atoms. The minimum absolute atomic E-state index is 0.0460. The van der Waals surface area contributed by atoms with Crippen molar-refractivity contribution in [3.8, 4) is 11.5 Å². The van der Waals surface area contributed by atoms with E-state index in [9.17, 15) is 39.9 Å². The van der Waals surface area contributed by atoms with Crippen LogP contribution < -0.4 is 9.47 Å². The van der Waals surface area contributed by atoms with Gasteiger partial charge in [0.05, 0.1) is 0 Å². The zero-order valence-electron chi connectivity index (χ0n) is 20.7. The van der Waals surface area contributed by atoms with Crippen molar-refractivity contribution in [2.75, 3.05) is 0 Å². The van der Waals surface area contributed by atoms with Crippen molar-refractivity contribution in [2.45, 2.75) is 44.0 Å². The lowest BCUT2D eigenvalue weighted by Crippen LogP contribution is -2.45. The van der Waals surface area contributed by atoms with Crippen molar-refractivity contribution < 1.29 is 54.1 Å². The van der Waals surface area contributed by atoms with Gasteiger partial charge in [0.15, 0.2) is 5.60 Å². The van der Waals surface area contributed by atoms with E-state index in [-0.39, 0.29) is 17.7 Å². The number of halogens is 8. The fourth-order valence-corrected chi connectivity index (χ4v) is 3.81. The van der Waals surface area contributed by atoms with Crippen LogP contribution >= 0.6 is 0 Å². The molecule has 0 saturated heterocycles. The maximum atomic E-state index is 13.9. The maximum Gasteiger partial charge on any atom is 0.439 e. The molecule has 2 unspecified atom stereocenters. The van der Waals surface area contributed by atoms with Gasteiger partial charge in [-0.05, 0) is 42.3 Å². The Balaban J connectivity index is 1.93. The number of esters is 1. The number of alkyl halides is 8. The Hall–Kier alpha value is -4.09. The van der Waals surface area contributed by atoms with Gasteiger partial charge in [-0.1, -0.05) is 61.5 Å². The van der Waals surface area contributed by atoms with Crippen LogP contribution in [0.4, 0.5) is 35.1 Å². The van der Waals surface area contributed by atoms with Crippen LogP contribution in [-0.4, -0.2) is 31.0 Å². The van der Waals surface area contributed by atoms with Crippen molar-refractivity contribution in [1.82, 2.24) is 0 Å². The molecule has 0 aliphatic carbocycles. The van der Waals surface area contributed by atoms with E-state index in [1.54, 1.807) is 37.3 Å². The monoisotopic (exact) mass is 574 g/mol. The van der Waals surface area contributed by atoms with E-state index in [1.807, 2.05) is 0 Å². The summed E-state index contributed by atoms with van der Waals surface area (Å²) >= 11 is 0. The first-order valence-corrected chi connectivity index (χ1v) is 11.7. The molecule has 4 nitrogen and oxygen atoms in total. The van der Waals surface area contributed by atoms with E-state index >= 15 is 0 Å². The van der Waals surface area contributed by atoms with E-state index in [4.69, 9.17) is 4.74 Å². The molecule has 0 bridgehead atoms. The molecule has 3 rings (SSSR count). The van der Waals surface area contributed by atoms with Gasteiger partial charge in [0.2, 0.25) is 0 Å². The second-order valence-corrected chi connectivity index (χ2v) is 8.34. The van der Waals surface area contributed by atoms with Gasteiger partial charge >= 0.3 is 24.9 Å². The first-order chi connectivity index (χ1) is 18.8. The highest BCUT2D eigenvalue weighted by atomic mass is 19.4. The second-order valence-electron chi connectivity index (χ2n) is 8.34. The average Bonchev–Trinajstić information content (AvgIpc) is 2.90. The Morgan fingerprint density at radius 2 is 1.45 bits per heavy atom. The Kier molecular flexibility index (Phi) is 9.44. The summed E-state index contributed by atoms with van der Waals surface area (Å²) < 4.78 is 118. The van der Waals surface area contributed by atoms with E-state index in [0.717, 1.165) is 18.2 Å².